The van der Waals surface area contributed by atoms with Crippen molar-refractivity contribution in [1.29, 1.82) is 0 Å². The van der Waals surface area contributed by atoms with Gasteiger partial charge < -0.3 is 10.4 Å². The van der Waals surface area contributed by atoms with Crippen molar-refractivity contribution in [3.63, 3.8) is 0 Å². The van der Waals surface area contributed by atoms with Crippen molar-refractivity contribution in [2.75, 3.05) is 13.2 Å². The van der Waals surface area contributed by atoms with Gasteiger partial charge in [0.2, 0.25) is 0 Å². The Bertz CT molecular complexity index is 287. The largest absolute Gasteiger partial charge is 0.396 e. The van der Waals surface area contributed by atoms with Gasteiger partial charge in [0.25, 0.3) is 0 Å². The van der Waals surface area contributed by atoms with Crippen LogP contribution in [0.3, 0.4) is 0 Å². The van der Waals surface area contributed by atoms with Crippen LogP contribution in [0.5, 0.6) is 0 Å². The SMILES string of the molecule is CC1=CC(C)CC(CNC2CCCCC2CO)C1. The Kier molecular flexibility index (Phi) is 5.25. The molecule has 0 radical (unpaired) electrons. The van der Waals surface area contributed by atoms with E-state index in [9.17, 15) is 5.11 Å². The Hall–Kier alpha value is -0.340. The third kappa shape index (κ3) is 3.83. The summed E-state index contributed by atoms with van der Waals surface area (Å²) in [6.07, 6.45) is 10.1. The predicted octanol–water partition coefficient (Wildman–Crippen LogP) is 3.12. The highest BCUT2D eigenvalue weighted by atomic mass is 16.3. The van der Waals surface area contributed by atoms with Crippen molar-refractivity contribution in [3.05, 3.63) is 11.6 Å². The lowest BCUT2D eigenvalue weighted by Crippen LogP contribution is -2.42. The second-order valence-electron chi connectivity index (χ2n) is 6.54. The minimum Gasteiger partial charge on any atom is -0.396 e. The minimum atomic E-state index is 0.359. The van der Waals surface area contributed by atoms with Crippen LogP contribution in [0, 0.1) is 17.8 Å². The molecule has 0 aromatic carbocycles. The number of aliphatic hydroxyl groups is 1. The molecule has 1 saturated carbocycles. The quantitative estimate of drug-likeness (QED) is 0.752. The summed E-state index contributed by atoms with van der Waals surface area (Å²) in [5.41, 5.74) is 1.56. The summed E-state index contributed by atoms with van der Waals surface area (Å²) in [6.45, 7) is 6.08. The van der Waals surface area contributed by atoms with Gasteiger partial charge in [-0.05, 0) is 56.9 Å². The molecule has 0 aromatic rings. The van der Waals surface area contributed by atoms with Crippen LogP contribution in [-0.2, 0) is 0 Å². The maximum absolute atomic E-state index is 9.43. The molecule has 0 heterocycles. The van der Waals surface area contributed by atoms with Gasteiger partial charge in [-0.15, -0.1) is 0 Å². The zero-order chi connectivity index (χ0) is 13.0. The van der Waals surface area contributed by atoms with Crippen molar-refractivity contribution in [2.24, 2.45) is 17.8 Å². The zero-order valence-electron chi connectivity index (χ0n) is 12.0. The van der Waals surface area contributed by atoms with Crippen LogP contribution in [0.1, 0.15) is 52.4 Å². The molecule has 4 atom stereocenters. The predicted molar refractivity (Wildman–Crippen MR) is 76.5 cm³/mol. The summed E-state index contributed by atoms with van der Waals surface area (Å²) in [4.78, 5) is 0. The topological polar surface area (TPSA) is 32.3 Å². The van der Waals surface area contributed by atoms with Crippen LogP contribution in [0.25, 0.3) is 0 Å². The number of hydrogen-bond donors (Lipinski definition) is 2. The highest BCUT2D eigenvalue weighted by Crippen LogP contribution is 2.29. The van der Waals surface area contributed by atoms with Crippen LogP contribution in [0.4, 0.5) is 0 Å². The number of allylic oxidation sites excluding steroid dienone is 2. The van der Waals surface area contributed by atoms with Crippen LogP contribution in [0.15, 0.2) is 11.6 Å². The van der Waals surface area contributed by atoms with Gasteiger partial charge >= 0.3 is 0 Å². The Morgan fingerprint density at radius 2 is 2.11 bits per heavy atom. The van der Waals surface area contributed by atoms with E-state index in [0.717, 1.165) is 18.4 Å². The van der Waals surface area contributed by atoms with Crippen molar-refractivity contribution >= 4 is 0 Å². The highest BCUT2D eigenvalue weighted by Gasteiger charge is 2.25. The molecule has 2 rings (SSSR count). The van der Waals surface area contributed by atoms with E-state index in [0.29, 0.717) is 18.6 Å². The van der Waals surface area contributed by atoms with Gasteiger partial charge in [0.05, 0.1) is 0 Å². The Balaban J connectivity index is 1.78. The minimum absolute atomic E-state index is 0.359. The summed E-state index contributed by atoms with van der Waals surface area (Å²) in [7, 11) is 0. The Labute approximate surface area is 112 Å². The fourth-order valence-electron chi connectivity index (χ4n) is 3.85. The fourth-order valence-corrected chi connectivity index (χ4v) is 3.85. The lowest BCUT2D eigenvalue weighted by Gasteiger charge is -2.33. The standard InChI is InChI=1S/C16H29NO/c1-12-7-13(2)9-14(8-12)10-17-16-6-4-3-5-15(16)11-18/h7,12,14-18H,3-6,8-11H2,1-2H3. The third-order valence-corrected chi connectivity index (χ3v) is 4.70. The average molecular weight is 251 g/mol. The zero-order valence-corrected chi connectivity index (χ0v) is 12.0. The van der Waals surface area contributed by atoms with Crippen molar-refractivity contribution in [3.8, 4) is 0 Å². The smallest absolute Gasteiger partial charge is 0.0474 e. The van der Waals surface area contributed by atoms with E-state index in [4.69, 9.17) is 0 Å². The first-order chi connectivity index (χ1) is 8.69. The molecule has 0 amide bonds. The highest BCUT2D eigenvalue weighted by molar-refractivity contribution is 5.06. The van der Waals surface area contributed by atoms with E-state index in [-0.39, 0.29) is 0 Å². The van der Waals surface area contributed by atoms with Gasteiger partial charge in [0.15, 0.2) is 0 Å². The lowest BCUT2D eigenvalue weighted by molar-refractivity contribution is 0.149. The van der Waals surface area contributed by atoms with Crippen LogP contribution < -0.4 is 5.32 Å². The van der Waals surface area contributed by atoms with Gasteiger partial charge in [0.1, 0.15) is 0 Å². The molecule has 104 valence electrons. The molecule has 0 spiro atoms. The van der Waals surface area contributed by atoms with E-state index in [1.54, 1.807) is 5.57 Å². The summed E-state index contributed by atoms with van der Waals surface area (Å²) >= 11 is 0. The molecule has 2 N–H and O–H groups in total. The molecule has 2 aliphatic rings. The maximum atomic E-state index is 9.43. The fraction of sp³-hybridized carbons (Fsp3) is 0.875. The number of nitrogens with one attached hydrogen (secondary N) is 1. The molecule has 2 aliphatic carbocycles. The van der Waals surface area contributed by atoms with Crippen LogP contribution >= 0.6 is 0 Å². The summed E-state index contributed by atoms with van der Waals surface area (Å²) in [5.74, 6) is 2.04. The van der Waals surface area contributed by atoms with E-state index in [1.807, 2.05) is 0 Å². The molecule has 0 saturated heterocycles. The summed E-state index contributed by atoms with van der Waals surface area (Å²) in [6, 6.07) is 0.560. The monoisotopic (exact) mass is 251 g/mol. The summed E-state index contributed by atoms with van der Waals surface area (Å²) < 4.78 is 0. The Morgan fingerprint density at radius 1 is 1.33 bits per heavy atom. The second-order valence-corrected chi connectivity index (χ2v) is 6.54. The van der Waals surface area contributed by atoms with E-state index < -0.39 is 0 Å². The normalized spacial score (nSPS) is 37.4. The first-order valence-electron chi connectivity index (χ1n) is 7.70. The molecule has 2 nitrogen and oxygen atoms in total. The number of hydrogen-bond acceptors (Lipinski definition) is 2. The van der Waals surface area contributed by atoms with E-state index >= 15 is 0 Å². The second kappa shape index (κ2) is 6.72. The average Bonchev–Trinajstić information content (AvgIpc) is 2.35. The summed E-state index contributed by atoms with van der Waals surface area (Å²) in [5, 5.41) is 13.2. The van der Waals surface area contributed by atoms with E-state index in [1.165, 1.54) is 38.5 Å². The molecule has 4 unspecified atom stereocenters. The Morgan fingerprint density at radius 3 is 2.83 bits per heavy atom. The number of aliphatic hydroxyl groups excluding tert-OH is 1. The lowest BCUT2D eigenvalue weighted by atomic mass is 9.82. The van der Waals surface area contributed by atoms with Crippen LogP contribution in [0.2, 0.25) is 0 Å². The van der Waals surface area contributed by atoms with Crippen LogP contribution in [-0.4, -0.2) is 24.3 Å². The third-order valence-electron chi connectivity index (χ3n) is 4.70. The molecule has 2 heteroatoms. The van der Waals surface area contributed by atoms with Crippen molar-refractivity contribution in [2.45, 2.75) is 58.4 Å². The maximum Gasteiger partial charge on any atom is 0.0474 e. The van der Waals surface area contributed by atoms with Crippen molar-refractivity contribution < 1.29 is 5.11 Å². The van der Waals surface area contributed by atoms with Gasteiger partial charge in [-0.1, -0.05) is 31.4 Å². The molecule has 0 aromatic heterocycles. The molecular formula is C16H29NO. The van der Waals surface area contributed by atoms with Gasteiger partial charge in [-0.25, -0.2) is 0 Å². The van der Waals surface area contributed by atoms with E-state index in [2.05, 4.69) is 25.2 Å². The van der Waals surface area contributed by atoms with Gasteiger partial charge in [-0.3, -0.25) is 0 Å². The first kappa shape index (κ1) is 14.1. The number of rotatable bonds is 4. The molecule has 0 bridgehead atoms. The van der Waals surface area contributed by atoms with Gasteiger partial charge in [0, 0.05) is 12.6 Å². The molecule has 0 aliphatic heterocycles. The van der Waals surface area contributed by atoms with Gasteiger partial charge in [-0.2, -0.15) is 0 Å². The van der Waals surface area contributed by atoms with Crippen molar-refractivity contribution in [1.82, 2.24) is 5.32 Å². The molecule has 1 fully saturated rings. The first-order valence-corrected chi connectivity index (χ1v) is 7.70. The molecule has 18 heavy (non-hydrogen) atoms. The molecular weight excluding hydrogens is 222 g/mol.